The molecule has 0 saturated heterocycles. The molecule has 2 heterocycles. The summed E-state index contributed by atoms with van der Waals surface area (Å²) in [5.74, 6) is 0.387. The highest BCUT2D eigenvalue weighted by molar-refractivity contribution is 7.99. The Hall–Kier alpha value is -2.95. The first-order chi connectivity index (χ1) is 15.9. The van der Waals surface area contributed by atoms with E-state index in [9.17, 15) is 9.59 Å². The molecular weight excluding hydrogens is 480 g/mol. The van der Waals surface area contributed by atoms with E-state index in [1.807, 2.05) is 42.7 Å². The van der Waals surface area contributed by atoms with Crippen LogP contribution in [0.3, 0.4) is 0 Å². The van der Waals surface area contributed by atoms with E-state index in [4.69, 9.17) is 11.6 Å². The minimum absolute atomic E-state index is 0.166. The Morgan fingerprint density at radius 3 is 2.64 bits per heavy atom. The number of para-hydroxylation sites is 1. The van der Waals surface area contributed by atoms with Crippen LogP contribution >= 0.6 is 34.7 Å². The predicted octanol–water partition coefficient (Wildman–Crippen LogP) is 4.78. The number of thiazole rings is 1. The average Bonchev–Trinajstić information content (AvgIpc) is 3.41. The Morgan fingerprint density at radius 2 is 1.91 bits per heavy atom. The second kappa shape index (κ2) is 10.3. The number of hydrogen-bond acceptors (Lipinski definition) is 7. The van der Waals surface area contributed by atoms with Crippen molar-refractivity contribution in [2.75, 3.05) is 11.1 Å². The molecule has 170 valence electrons. The molecule has 4 rings (SSSR count). The first kappa shape index (κ1) is 23.2. The zero-order valence-electron chi connectivity index (χ0n) is 17.9. The highest BCUT2D eigenvalue weighted by Gasteiger charge is 2.20. The number of carbonyl (C=O) groups is 2. The number of thioether (sulfide) groups is 1. The molecule has 0 aliphatic heterocycles. The van der Waals surface area contributed by atoms with Gasteiger partial charge < -0.3 is 15.2 Å². The van der Waals surface area contributed by atoms with E-state index < -0.39 is 0 Å². The van der Waals surface area contributed by atoms with Crippen LogP contribution in [0.25, 0.3) is 10.2 Å². The first-order valence-electron chi connectivity index (χ1n) is 10.2. The van der Waals surface area contributed by atoms with Gasteiger partial charge in [0.05, 0.1) is 22.0 Å². The molecule has 33 heavy (non-hydrogen) atoms. The monoisotopic (exact) mass is 500 g/mol. The molecule has 0 spiro atoms. The maximum absolute atomic E-state index is 12.5. The van der Waals surface area contributed by atoms with Crippen molar-refractivity contribution >= 4 is 61.9 Å². The third-order valence-electron chi connectivity index (χ3n) is 4.78. The molecule has 0 radical (unpaired) electrons. The molecule has 2 aromatic carbocycles. The fourth-order valence-electron chi connectivity index (χ4n) is 3.18. The quantitative estimate of drug-likeness (QED) is 0.337. The van der Waals surface area contributed by atoms with Crippen LogP contribution in [0.4, 0.5) is 5.13 Å². The summed E-state index contributed by atoms with van der Waals surface area (Å²) in [5.41, 5.74) is 1.37. The molecule has 2 aromatic heterocycles. The average molecular weight is 501 g/mol. The third-order valence-corrected chi connectivity index (χ3v) is 6.95. The van der Waals surface area contributed by atoms with Crippen molar-refractivity contribution in [3.8, 4) is 0 Å². The summed E-state index contributed by atoms with van der Waals surface area (Å²) in [5, 5.41) is 16.0. The lowest BCUT2D eigenvalue weighted by Crippen LogP contribution is -2.28. The molecule has 0 saturated carbocycles. The number of amides is 2. The highest BCUT2D eigenvalue weighted by Crippen LogP contribution is 2.26. The Morgan fingerprint density at radius 1 is 1.15 bits per heavy atom. The van der Waals surface area contributed by atoms with Crippen LogP contribution in [0.15, 0.2) is 53.7 Å². The lowest BCUT2D eigenvalue weighted by Gasteiger charge is -2.15. The topological polar surface area (TPSA) is 102 Å². The molecular formula is C22H21ClN6O2S2. The van der Waals surface area contributed by atoms with Gasteiger partial charge in [0, 0.05) is 17.1 Å². The SMILES string of the molecule is CCn1c(SCC(=O)Nc2nc3ccccc3s2)nnc1[C@@H](C)NC(=O)c1ccc(Cl)cc1. The number of anilines is 1. The zero-order valence-corrected chi connectivity index (χ0v) is 20.3. The van der Waals surface area contributed by atoms with Crippen molar-refractivity contribution in [3.05, 3.63) is 64.9 Å². The van der Waals surface area contributed by atoms with Gasteiger partial charge in [-0.2, -0.15) is 0 Å². The number of carbonyl (C=O) groups excluding carboxylic acids is 2. The largest absolute Gasteiger partial charge is 0.342 e. The smallest absolute Gasteiger partial charge is 0.251 e. The number of hydrogen-bond donors (Lipinski definition) is 2. The van der Waals surface area contributed by atoms with Gasteiger partial charge in [0.25, 0.3) is 5.91 Å². The molecule has 1 atom stereocenters. The molecule has 2 N–H and O–H groups in total. The third kappa shape index (κ3) is 5.52. The molecule has 0 fully saturated rings. The normalized spacial score (nSPS) is 12.0. The summed E-state index contributed by atoms with van der Waals surface area (Å²) < 4.78 is 2.91. The Bertz CT molecular complexity index is 1250. The van der Waals surface area contributed by atoms with Crippen molar-refractivity contribution in [3.63, 3.8) is 0 Å². The predicted molar refractivity (Wildman–Crippen MR) is 132 cm³/mol. The van der Waals surface area contributed by atoms with E-state index in [0.29, 0.717) is 33.2 Å². The van der Waals surface area contributed by atoms with Gasteiger partial charge in [-0.1, -0.05) is 46.8 Å². The Balaban J connectivity index is 1.37. The van der Waals surface area contributed by atoms with Crippen LogP contribution in [-0.2, 0) is 11.3 Å². The molecule has 4 aromatic rings. The number of aromatic nitrogens is 4. The van der Waals surface area contributed by atoms with Gasteiger partial charge in [-0.05, 0) is 50.2 Å². The van der Waals surface area contributed by atoms with Gasteiger partial charge >= 0.3 is 0 Å². The second-order valence-electron chi connectivity index (χ2n) is 7.11. The van der Waals surface area contributed by atoms with Crippen LogP contribution in [0.5, 0.6) is 0 Å². The van der Waals surface area contributed by atoms with Gasteiger partial charge in [-0.25, -0.2) is 4.98 Å². The highest BCUT2D eigenvalue weighted by atomic mass is 35.5. The lowest BCUT2D eigenvalue weighted by molar-refractivity contribution is -0.113. The van der Waals surface area contributed by atoms with Gasteiger partial charge in [-0.15, -0.1) is 10.2 Å². The van der Waals surface area contributed by atoms with Gasteiger partial charge in [0.2, 0.25) is 5.91 Å². The van der Waals surface area contributed by atoms with Crippen LogP contribution in [-0.4, -0.2) is 37.3 Å². The molecule has 11 heteroatoms. The van der Waals surface area contributed by atoms with Gasteiger partial charge in [0.15, 0.2) is 16.1 Å². The van der Waals surface area contributed by atoms with Crippen molar-refractivity contribution in [1.29, 1.82) is 0 Å². The van der Waals surface area contributed by atoms with E-state index >= 15 is 0 Å². The number of rotatable bonds is 8. The van der Waals surface area contributed by atoms with Crippen molar-refractivity contribution in [2.24, 2.45) is 0 Å². The van der Waals surface area contributed by atoms with E-state index in [1.165, 1.54) is 23.1 Å². The summed E-state index contributed by atoms with van der Waals surface area (Å²) in [6.07, 6.45) is 0. The maximum atomic E-state index is 12.5. The Kier molecular flexibility index (Phi) is 7.26. The lowest BCUT2D eigenvalue weighted by atomic mass is 10.2. The number of halogens is 1. The molecule has 0 bridgehead atoms. The van der Waals surface area contributed by atoms with Crippen molar-refractivity contribution < 1.29 is 9.59 Å². The van der Waals surface area contributed by atoms with Crippen LogP contribution < -0.4 is 10.6 Å². The minimum atomic E-state index is -0.369. The van der Waals surface area contributed by atoms with Crippen LogP contribution in [0.1, 0.15) is 36.1 Å². The van der Waals surface area contributed by atoms with E-state index in [2.05, 4.69) is 25.8 Å². The number of fused-ring (bicyclic) bond motifs is 1. The first-order valence-corrected chi connectivity index (χ1v) is 12.4. The summed E-state index contributed by atoms with van der Waals surface area (Å²) in [6.45, 7) is 4.41. The van der Waals surface area contributed by atoms with Gasteiger partial charge in [0.1, 0.15) is 0 Å². The van der Waals surface area contributed by atoms with E-state index in [-0.39, 0.29) is 23.6 Å². The zero-order chi connectivity index (χ0) is 23.4. The van der Waals surface area contributed by atoms with Gasteiger partial charge in [-0.3, -0.25) is 9.59 Å². The second-order valence-corrected chi connectivity index (χ2v) is 9.52. The summed E-state index contributed by atoms with van der Waals surface area (Å²) in [4.78, 5) is 29.4. The number of benzene rings is 2. The minimum Gasteiger partial charge on any atom is -0.342 e. The van der Waals surface area contributed by atoms with E-state index in [1.54, 1.807) is 24.3 Å². The van der Waals surface area contributed by atoms with Crippen molar-refractivity contribution in [1.82, 2.24) is 25.1 Å². The number of nitrogens with one attached hydrogen (secondary N) is 2. The standard InChI is InChI=1S/C22H21ClN6O2S2/c1-3-29-19(13(2)24-20(31)14-8-10-15(23)11-9-14)27-28-22(29)32-12-18(30)26-21-25-16-6-4-5-7-17(16)33-21/h4-11,13H,3,12H2,1-2H3,(H,24,31)(H,25,26,30)/t13-/m1/s1. The molecule has 2 amide bonds. The molecule has 0 unspecified atom stereocenters. The molecule has 0 aliphatic carbocycles. The van der Waals surface area contributed by atoms with E-state index in [0.717, 1.165) is 10.2 Å². The molecule has 8 nitrogen and oxygen atoms in total. The summed E-state index contributed by atoms with van der Waals surface area (Å²) >= 11 is 8.61. The number of nitrogens with zero attached hydrogens (tertiary/aromatic N) is 4. The molecule has 0 aliphatic rings. The Labute approximate surface area is 203 Å². The van der Waals surface area contributed by atoms with Crippen LogP contribution in [0, 0.1) is 0 Å². The van der Waals surface area contributed by atoms with Crippen molar-refractivity contribution in [2.45, 2.75) is 31.6 Å². The summed E-state index contributed by atoms with van der Waals surface area (Å²) in [7, 11) is 0. The fourth-order valence-corrected chi connectivity index (χ4v) is 5.00. The van der Waals surface area contributed by atoms with Crippen LogP contribution in [0.2, 0.25) is 5.02 Å². The fraction of sp³-hybridized carbons (Fsp3) is 0.227. The summed E-state index contributed by atoms with van der Waals surface area (Å²) in [6, 6.07) is 14.0. The maximum Gasteiger partial charge on any atom is 0.251 e.